The fraction of sp³-hybridized carbons (Fsp3) is 0.591. The monoisotopic (exact) mass is 526 g/mol. The molecule has 14 heteroatoms. The predicted octanol–water partition coefficient (Wildman–Crippen LogP) is 3.63. The van der Waals surface area contributed by atoms with Gasteiger partial charge in [-0.2, -0.15) is 18.2 Å². The summed E-state index contributed by atoms with van der Waals surface area (Å²) in [5.74, 6) is 1.47. The largest absolute Gasteiger partial charge is 0.451 e. The van der Waals surface area contributed by atoms with Crippen molar-refractivity contribution in [2.24, 2.45) is 5.92 Å². The van der Waals surface area contributed by atoms with Crippen LogP contribution in [-0.2, 0) is 30.5 Å². The average molecular weight is 527 g/mol. The highest BCUT2D eigenvalue weighted by Crippen LogP contribution is 2.36. The first-order valence-electron chi connectivity index (χ1n) is 11.9. The second-order valence-electron chi connectivity index (χ2n) is 8.98. The fourth-order valence-electron chi connectivity index (χ4n) is 4.62. The molecule has 1 amide bonds. The van der Waals surface area contributed by atoms with Crippen LogP contribution in [0.1, 0.15) is 49.6 Å². The number of nitrogens with zero attached hydrogens (tertiary/aromatic N) is 7. The summed E-state index contributed by atoms with van der Waals surface area (Å²) in [6, 6.07) is 2.14. The molecule has 0 saturated carbocycles. The highest BCUT2D eigenvalue weighted by Gasteiger charge is 2.40. The molecule has 1 atom stereocenters. The smallest absolute Gasteiger partial charge is 0.347 e. The molecule has 196 valence electrons. The molecule has 0 aromatic carbocycles. The van der Waals surface area contributed by atoms with E-state index in [4.69, 9.17) is 20.0 Å². The number of fused-ring (bicyclic) bond motifs is 2. The number of alkyl halides is 3. The number of anilines is 2. The van der Waals surface area contributed by atoms with Gasteiger partial charge in [-0.3, -0.25) is 10.0 Å². The predicted molar refractivity (Wildman–Crippen MR) is 129 cm³/mol. The molecule has 2 N–H and O–H groups in total. The lowest BCUT2D eigenvalue weighted by Crippen LogP contribution is -2.38. The van der Waals surface area contributed by atoms with Gasteiger partial charge in [0.15, 0.2) is 5.82 Å². The minimum atomic E-state index is -4.50. The van der Waals surface area contributed by atoms with Crippen molar-refractivity contribution in [3.63, 3.8) is 0 Å². The normalized spacial score (nSPS) is 18.0. The Bertz CT molecular complexity index is 1200. The maximum Gasteiger partial charge on any atom is 0.451 e. The second kappa shape index (κ2) is 10.9. The molecule has 36 heavy (non-hydrogen) atoms. The third kappa shape index (κ3) is 5.53. The number of carbonyl (C=O) groups is 1. The molecule has 1 saturated heterocycles. The van der Waals surface area contributed by atoms with Crippen molar-refractivity contribution in [2.75, 3.05) is 29.4 Å². The van der Waals surface area contributed by atoms with E-state index in [1.165, 1.54) is 21.3 Å². The Labute approximate surface area is 210 Å². The molecule has 0 spiro atoms. The molecule has 0 aliphatic carbocycles. The lowest BCUT2D eigenvalue weighted by atomic mass is 10.0. The van der Waals surface area contributed by atoms with E-state index >= 15 is 0 Å². The maximum atomic E-state index is 13.2. The maximum absolute atomic E-state index is 13.2. The lowest BCUT2D eigenvalue weighted by molar-refractivity contribution is -0.147. The average Bonchev–Trinajstić information content (AvgIpc) is 3.47. The lowest BCUT2D eigenvalue weighted by Gasteiger charge is -2.33. The summed E-state index contributed by atoms with van der Waals surface area (Å²) in [4.78, 5) is 25.1. The van der Waals surface area contributed by atoms with Gasteiger partial charge in [0, 0.05) is 31.1 Å². The van der Waals surface area contributed by atoms with Gasteiger partial charge in [0.2, 0.25) is 18.2 Å². The number of aromatic nitrogens is 5. The first-order valence-corrected chi connectivity index (χ1v) is 12.7. The molecule has 2 aliphatic rings. The Morgan fingerprint density at radius 1 is 1.22 bits per heavy atom. The molecule has 0 bridgehead atoms. The van der Waals surface area contributed by atoms with E-state index in [0.29, 0.717) is 24.2 Å². The van der Waals surface area contributed by atoms with Gasteiger partial charge in [-0.05, 0) is 31.2 Å². The van der Waals surface area contributed by atoms with E-state index < -0.39 is 12.0 Å². The quantitative estimate of drug-likeness (QED) is 0.295. The summed E-state index contributed by atoms with van der Waals surface area (Å²) in [7, 11) is 0. The zero-order valence-electron chi connectivity index (χ0n) is 20.1. The molecule has 10 nitrogen and oxygen atoms in total. The van der Waals surface area contributed by atoms with Gasteiger partial charge in [0.1, 0.15) is 10.6 Å². The van der Waals surface area contributed by atoms with Crippen LogP contribution in [0.2, 0.25) is 0 Å². The number of nitrogens with one attached hydrogen (secondary N) is 1. The minimum Gasteiger partial charge on any atom is -0.347 e. The number of carbonyl (C=O) groups excluding carboxylic acids is 1. The summed E-state index contributed by atoms with van der Waals surface area (Å²) in [6.07, 6.45) is 0.000111. The van der Waals surface area contributed by atoms with Crippen LogP contribution in [0.3, 0.4) is 0 Å². The van der Waals surface area contributed by atoms with Gasteiger partial charge in [-0.15, -0.1) is 21.5 Å². The van der Waals surface area contributed by atoms with Crippen molar-refractivity contribution in [1.82, 2.24) is 30.2 Å². The molecule has 2 aliphatic heterocycles. The molecule has 1 unspecified atom stereocenters. The summed E-state index contributed by atoms with van der Waals surface area (Å²) in [5.41, 5.74) is 1.25. The van der Waals surface area contributed by atoms with Crippen LogP contribution in [0, 0.1) is 5.92 Å². The zero-order valence-corrected chi connectivity index (χ0v) is 20.9. The topological polar surface area (TPSA) is 112 Å². The van der Waals surface area contributed by atoms with Crippen molar-refractivity contribution in [3.05, 3.63) is 22.6 Å². The number of rotatable bonds is 5. The minimum absolute atomic E-state index is 0.171. The number of aryl methyl sites for hydroxylation is 1. The van der Waals surface area contributed by atoms with Crippen LogP contribution < -0.4 is 15.3 Å². The first-order chi connectivity index (χ1) is 17.2. The third-order valence-electron chi connectivity index (χ3n) is 6.21. The van der Waals surface area contributed by atoms with E-state index in [0.717, 1.165) is 48.4 Å². The molecular weight excluding hydrogens is 497 g/mol. The van der Waals surface area contributed by atoms with E-state index in [9.17, 15) is 13.2 Å². The highest BCUT2D eigenvalue weighted by atomic mass is 32.1. The number of halogens is 3. The van der Waals surface area contributed by atoms with Crippen LogP contribution in [0.15, 0.2) is 6.07 Å². The van der Waals surface area contributed by atoms with E-state index in [1.54, 1.807) is 11.3 Å². The van der Waals surface area contributed by atoms with Crippen LogP contribution in [0.25, 0.3) is 10.2 Å². The number of amides is 1. The van der Waals surface area contributed by atoms with Gasteiger partial charge in [-0.1, -0.05) is 20.3 Å². The Morgan fingerprint density at radius 3 is 2.67 bits per heavy atom. The Balaban J connectivity index is 0.000000709. The summed E-state index contributed by atoms with van der Waals surface area (Å²) < 4.78 is 40.9. The summed E-state index contributed by atoms with van der Waals surface area (Å²) in [6.45, 7) is 7.05. The molecule has 1 fully saturated rings. The van der Waals surface area contributed by atoms with Crippen LogP contribution in [0.4, 0.5) is 24.9 Å². The Morgan fingerprint density at radius 2 is 2.00 bits per heavy atom. The van der Waals surface area contributed by atoms with Gasteiger partial charge < -0.3 is 14.4 Å². The number of piperidine rings is 1. The van der Waals surface area contributed by atoms with Gasteiger partial charge in [0.25, 0.3) is 0 Å². The number of hydrogen-bond donors (Lipinski definition) is 2. The Kier molecular flexibility index (Phi) is 7.93. The fourth-order valence-corrected chi connectivity index (χ4v) is 5.74. The molecule has 5 heterocycles. The molecule has 0 radical (unpaired) electrons. The molecule has 3 aromatic rings. The number of thiophene rings is 1. The summed E-state index contributed by atoms with van der Waals surface area (Å²) in [5, 5.41) is 15.5. The second-order valence-corrected chi connectivity index (χ2v) is 10.1. The van der Waals surface area contributed by atoms with Gasteiger partial charge >= 0.3 is 6.18 Å². The van der Waals surface area contributed by atoms with Crippen LogP contribution in [-0.4, -0.2) is 56.0 Å². The van der Waals surface area contributed by atoms with Gasteiger partial charge in [-0.25, -0.2) is 10.5 Å². The van der Waals surface area contributed by atoms with Gasteiger partial charge in [0.05, 0.1) is 11.9 Å². The highest BCUT2D eigenvalue weighted by molar-refractivity contribution is 7.18. The van der Waals surface area contributed by atoms with Crippen molar-refractivity contribution in [1.29, 1.82) is 0 Å². The van der Waals surface area contributed by atoms with Crippen LogP contribution >= 0.6 is 11.3 Å². The molecular formula is C22H29F3N8O2S. The van der Waals surface area contributed by atoms with E-state index in [2.05, 4.69) is 35.0 Å². The standard InChI is InChI=1S/C21H26F3N7S.CH3NO2/c1-3-5-14-10-15-17(25-20(26-18(15)32-14)30-7-4-6-13(2)11-30)29-8-9-31-16(12-29)27-28-19(31)21(22,23)24;3-1-2-4/h10,13H,3-9,11-12H2,1-2H3;1,4H,(H,2,3). The zero-order chi connectivity index (χ0) is 25.9. The van der Waals surface area contributed by atoms with E-state index in [1.807, 2.05) is 4.90 Å². The Hall–Kier alpha value is -3.00. The molecule has 3 aromatic heterocycles. The number of hydrogen-bond acceptors (Lipinski definition) is 9. The van der Waals surface area contributed by atoms with E-state index in [-0.39, 0.29) is 19.5 Å². The summed E-state index contributed by atoms with van der Waals surface area (Å²) >= 11 is 1.69. The van der Waals surface area contributed by atoms with Crippen molar-refractivity contribution >= 4 is 39.7 Å². The van der Waals surface area contributed by atoms with Crippen molar-refractivity contribution < 1.29 is 23.2 Å². The SMILES string of the molecule is CCCc1cc2c(N3CCn4c(nnc4C(F)(F)F)C3)nc(N3CCCC(C)C3)nc2s1.O=CNO. The van der Waals surface area contributed by atoms with Crippen molar-refractivity contribution in [3.8, 4) is 0 Å². The number of hydroxylamine groups is 1. The third-order valence-corrected chi connectivity index (χ3v) is 7.30. The van der Waals surface area contributed by atoms with Crippen molar-refractivity contribution in [2.45, 2.75) is 58.8 Å². The first kappa shape index (κ1) is 26.1. The molecule has 5 rings (SSSR count). The van der Waals surface area contributed by atoms with Crippen LogP contribution in [0.5, 0.6) is 0 Å².